The number of carbonyl (C=O) groups is 1. The maximum Gasteiger partial charge on any atom is 0.254 e. The van der Waals surface area contributed by atoms with E-state index in [-0.39, 0.29) is 5.91 Å². The van der Waals surface area contributed by atoms with Crippen LogP contribution in [0.3, 0.4) is 0 Å². The molecule has 18 heavy (non-hydrogen) atoms. The molecule has 3 N–H and O–H groups in total. The summed E-state index contributed by atoms with van der Waals surface area (Å²) in [4.78, 5) is 13.8. The molecule has 0 aromatic heterocycles. The Morgan fingerprint density at radius 1 is 1.50 bits per heavy atom. The van der Waals surface area contributed by atoms with Crippen LogP contribution in [0.15, 0.2) is 22.7 Å². The summed E-state index contributed by atoms with van der Waals surface area (Å²) in [5, 5.41) is 10.1. The van der Waals surface area contributed by atoms with Crippen molar-refractivity contribution in [2.24, 2.45) is 0 Å². The van der Waals surface area contributed by atoms with E-state index in [1.165, 1.54) is 0 Å². The van der Waals surface area contributed by atoms with Gasteiger partial charge in [0.25, 0.3) is 5.91 Å². The fourth-order valence-corrected chi connectivity index (χ4v) is 2.86. The lowest BCUT2D eigenvalue weighted by molar-refractivity contribution is -0.0860. The summed E-state index contributed by atoms with van der Waals surface area (Å²) in [5.74, 6) is -0.0798. The van der Waals surface area contributed by atoms with Crippen LogP contribution < -0.4 is 5.73 Å². The first-order chi connectivity index (χ1) is 8.43. The average molecular weight is 313 g/mol. The number of amides is 1. The second kappa shape index (κ2) is 4.90. The van der Waals surface area contributed by atoms with Crippen molar-refractivity contribution in [2.75, 3.05) is 18.8 Å². The molecule has 0 radical (unpaired) electrons. The molecule has 1 saturated heterocycles. The molecular weight excluding hydrogens is 296 g/mol. The van der Waals surface area contributed by atoms with Gasteiger partial charge in [-0.3, -0.25) is 4.79 Å². The summed E-state index contributed by atoms with van der Waals surface area (Å²) < 4.78 is 0.787. The molecule has 1 amide bonds. The number of nitrogen functional groups attached to an aromatic ring is 1. The van der Waals surface area contributed by atoms with E-state index < -0.39 is 5.60 Å². The Morgan fingerprint density at radius 2 is 2.17 bits per heavy atom. The van der Waals surface area contributed by atoms with E-state index in [1.807, 2.05) is 6.92 Å². The fourth-order valence-electron chi connectivity index (χ4n) is 2.35. The van der Waals surface area contributed by atoms with Gasteiger partial charge in [0.2, 0.25) is 0 Å². The van der Waals surface area contributed by atoms with E-state index in [0.717, 1.165) is 17.3 Å². The highest BCUT2D eigenvalue weighted by molar-refractivity contribution is 9.10. The molecule has 1 heterocycles. The normalized spacial score (nSPS) is 17.4. The number of aliphatic hydroxyl groups is 1. The topological polar surface area (TPSA) is 66.6 Å². The Balaban J connectivity index is 2.06. The summed E-state index contributed by atoms with van der Waals surface area (Å²) >= 11 is 3.32. The number of hydrogen-bond acceptors (Lipinski definition) is 3. The highest BCUT2D eigenvalue weighted by Crippen LogP contribution is 2.28. The van der Waals surface area contributed by atoms with E-state index in [9.17, 15) is 9.90 Å². The van der Waals surface area contributed by atoms with Crippen LogP contribution in [0.25, 0.3) is 0 Å². The number of hydrogen-bond donors (Lipinski definition) is 2. The lowest BCUT2D eigenvalue weighted by atomic mass is 9.89. The molecule has 5 heteroatoms. The number of rotatable bonds is 3. The number of halogens is 1. The lowest BCUT2D eigenvalue weighted by Gasteiger charge is -2.46. The third-order valence-electron chi connectivity index (χ3n) is 3.14. The molecule has 0 aliphatic carbocycles. The third kappa shape index (κ3) is 2.67. The van der Waals surface area contributed by atoms with Crippen molar-refractivity contribution in [1.82, 2.24) is 4.90 Å². The van der Waals surface area contributed by atoms with E-state index in [4.69, 9.17) is 5.73 Å². The molecule has 1 aliphatic heterocycles. The first kappa shape index (κ1) is 13.4. The number of β-amino-alcohol motifs (C(OH)–C–C–N with tert-alkyl or cyclic N) is 1. The van der Waals surface area contributed by atoms with Crippen LogP contribution >= 0.6 is 15.9 Å². The van der Waals surface area contributed by atoms with Gasteiger partial charge in [-0.2, -0.15) is 0 Å². The van der Waals surface area contributed by atoms with Crippen LogP contribution in [-0.2, 0) is 0 Å². The van der Waals surface area contributed by atoms with Crippen molar-refractivity contribution in [2.45, 2.75) is 25.4 Å². The Hall–Kier alpha value is -1.07. The average Bonchev–Trinajstić information content (AvgIpc) is 2.23. The standard InChI is InChI=1S/C13H17BrN2O2/c1-2-3-13(18)7-16(8-13)12(17)9-4-10(14)6-11(15)5-9/h4-6,18H,2-3,7-8,15H2,1H3. The maximum absolute atomic E-state index is 12.2. The molecule has 1 aromatic carbocycles. The lowest BCUT2D eigenvalue weighted by Crippen LogP contribution is -2.63. The van der Waals surface area contributed by atoms with Crippen LogP contribution in [0.2, 0.25) is 0 Å². The Bertz CT molecular complexity index is 450. The van der Waals surface area contributed by atoms with Crippen LogP contribution in [0.4, 0.5) is 5.69 Å². The minimum Gasteiger partial charge on any atom is -0.399 e. The molecule has 0 bridgehead atoms. The van der Waals surface area contributed by atoms with Gasteiger partial charge in [-0.25, -0.2) is 0 Å². The minimum atomic E-state index is -0.692. The van der Waals surface area contributed by atoms with Gasteiger partial charge >= 0.3 is 0 Å². The monoisotopic (exact) mass is 312 g/mol. The largest absolute Gasteiger partial charge is 0.399 e. The molecule has 0 unspecified atom stereocenters. The third-order valence-corrected chi connectivity index (χ3v) is 3.60. The van der Waals surface area contributed by atoms with Crippen LogP contribution in [0.5, 0.6) is 0 Å². The van der Waals surface area contributed by atoms with Crippen LogP contribution in [-0.4, -0.2) is 34.6 Å². The number of carbonyl (C=O) groups excluding carboxylic acids is 1. The Morgan fingerprint density at radius 3 is 2.72 bits per heavy atom. The minimum absolute atomic E-state index is 0.0798. The quantitative estimate of drug-likeness (QED) is 0.839. The smallest absolute Gasteiger partial charge is 0.254 e. The first-order valence-electron chi connectivity index (χ1n) is 6.01. The molecule has 4 nitrogen and oxygen atoms in total. The number of likely N-dealkylation sites (tertiary alicyclic amines) is 1. The van der Waals surface area contributed by atoms with Gasteiger partial charge in [0, 0.05) is 15.7 Å². The molecule has 98 valence electrons. The van der Waals surface area contributed by atoms with Gasteiger partial charge in [0.15, 0.2) is 0 Å². The number of nitrogens with zero attached hydrogens (tertiary/aromatic N) is 1. The fraction of sp³-hybridized carbons (Fsp3) is 0.462. The van der Waals surface area contributed by atoms with Crippen molar-refractivity contribution >= 4 is 27.5 Å². The second-order valence-corrected chi connectivity index (χ2v) is 5.82. The van der Waals surface area contributed by atoms with Crippen LogP contribution in [0, 0.1) is 0 Å². The molecule has 1 aromatic rings. The summed E-state index contributed by atoms with van der Waals surface area (Å²) in [6.07, 6.45) is 1.65. The van der Waals surface area contributed by atoms with Gasteiger partial charge in [0.05, 0.1) is 18.7 Å². The van der Waals surface area contributed by atoms with Gasteiger partial charge in [-0.15, -0.1) is 0 Å². The zero-order valence-corrected chi connectivity index (χ0v) is 11.9. The van der Waals surface area contributed by atoms with Crippen molar-refractivity contribution < 1.29 is 9.90 Å². The molecule has 0 spiro atoms. The Labute approximate surface area is 115 Å². The predicted molar refractivity (Wildman–Crippen MR) is 74.3 cm³/mol. The van der Waals surface area contributed by atoms with E-state index >= 15 is 0 Å². The summed E-state index contributed by atoms with van der Waals surface area (Å²) in [6.45, 7) is 2.84. The highest BCUT2D eigenvalue weighted by atomic mass is 79.9. The zero-order valence-electron chi connectivity index (χ0n) is 10.3. The van der Waals surface area contributed by atoms with Crippen molar-refractivity contribution in [3.05, 3.63) is 28.2 Å². The number of benzene rings is 1. The molecule has 0 saturated carbocycles. The first-order valence-corrected chi connectivity index (χ1v) is 6.80. The maximum atomic E-state index is 12.2. The molecule has 1 fully saturated rings. The molecule has 1 aliphatic rings. The van der Waals surface area contributed by atoms with Gasteiger partial charge < -0.3 is 15.7 Å². The Kier molecular flexibility index (Phi) is 3.64. The van der Waals surface area contributed by atoms with E-state index in [1.54, 1.807) is 23.1 Å². The van der Waals surface area contributed by atoms with Gasteiger partial charge in [0.1, 0.15) is 0 Å². The van der Waals surface area contributed by atoms with Gasteiger partial charge in [-0.05, 0) is 24.6 Å². The van der Waals surface area contributed by atoms with Crippen molar-refractivity contribution in [3.8, 4) is 0 Å². The van der Waals surface area contributed by atoms with E-state index in [0.29, 0.717) is 24.3 Å². The number of anilines is 1. The molecule has 2 rings (SSSR count). The summed E-state index contributed by atoms with van der Waals surface area (Å²) in [5.41, 5.74) is 6.12. The predicted octanol–water partition coefficient (Wildman–Crippen LogP) is 2.02. The molecule has 0 atom stereocenters. The van der Waals surface area contributed by atoms with Crippen molar-refractivity contribution in [1.29, 1.82) is 0 Å². The summed E-state index contributed by atoms with van der Waals surface area (Å²) in [7, 11) is 0. The van der Waals surface area contributed by atoms with Gasteiger partial charge in [-0.1, -0.05) is 29.3 Å². The van der Waals surface area contributed by atoms with E-state index in [2.05, 4.69) is 15.9 Å². The summed E-state index contributed by atoms with van der Waals surface area (Å²) in [6, 6.07) is 5.15. The molecular formula is C13H17BrN2O2. The SMILES string of the molecule is CCCC1(O)CN(C(=O)c2cc(N)cc(Br)c2)C1. The number of nitrogens with two attached hydrogens (primary N) is 1. The van der Waals surface area contributed by atoms with Crippen LogP contribution in [0.1, 0.15) is 30.1 Å². The second-order valence-electron chi connectivity index (χ2n) is 4.91. The zero-order chi connectivity index (χ0) is 13.3. The highest BCUT2D eigenvalue weighted by Gasteiger charge is 2.42. The van der Waals surface area contributed by atoms with Crippen molar-refractivity contribution in [3.63, 3.8) is 0 Å².